The molecule has 4 heterocycles. The molecule has 0 unspecified atom stereocenters. The van der Waals surface area contributed by atoms with Crippen LogP contribution in [-0.2, 0) is 0 Å². The number of methoxy groups -OCH3 is 4. The molecule has 22 rings (SSSR count). The van der Waals surface area contributed by atoms with E-state index in [4.69, 9.17) is 68.3 Å². The van der Waals surface area contributed by atoms with Crippen molar-refractivity contribution in [2.75, 3.05) is 97.2 Å². The van der Waals surface area contributed by atoms with Crippen LogP contribution in [0.25, 0.3) is 86.7 Å². The summed E-state index contributed by atoms with van der Waals surface area (Å²) in [6.07, 6.45) is 19.5. The number of nitrogens with zero attached hydrogens (tertiary/aromatic N) is 6. The van der Waals surface area contributed by atoms with E-state index in [0.717, 1.165) is 164 Å². The Morgan fingerprint density at radius 2 is 0.564 bits per heavy atom. The van der Waals surface area contributed by atoms with E-state index >= 15 is 0 Å². The fourth-order valence-electron chi connectivity index (χ4n) is 17.0. The highest BCUT2D eigenvalue weighted by Crippen LogP contribution is 2.48. The SMILES string of the molecule is CNC(=O)c1cccc2cc(Oc3ccnc4cc(OCC5(N(C)C)CC5)c(OC)cc34)ccc12.CNC(=O)c1cccc2cc(Oc3ccnc4cc(OCC5(N)CC5)c(OC)cc34)ccc12.COc1cc2c(Oc3ccc4c(C(=O)NC5CC5)cccc4c3)ccnc2cc1OCC1(N(C)C)CC1.COc1cc2c(Oc3ccc4c(C(=O)NC5CC5)cccc4c3)ccnc2cc1OCC1(N)CC1. The second kappa shape index (κ2) is 39.6. The number of pyridine rings is 4. The maximum atomic E-state index is 12.7. The molecule has 0 spiro atoms. The predicted molar refractivity (Wildman–Crippen MR) is 543 cm³/mol. The number of aromatic nitrogens is 4. The molecule has 6 aliphatic carbocycles. The van der Waals surface area contributed by atoms with Crippen LogP contribution < -0.4 is 89.6 Å². The highest BCUT2D eigenvalue weighted by molar-refractivity contribution is 6.11. The van der Waals surface area contributed by atoms with Crippen LogP contribution >= 0.6 is 0 Å². The molecule has 4 aromatic heterocycles. The van der Waals surface area contributed by atoms with Gasteiger partial charge >= 0.3 is 0 Å². The van der Waals surface area contributed by atoms with Crippen LogP contribution in [0.3, 0.4) is 0 Å². The van der Waals surface area contributed by atoms with E-state index in [1.807, 2.05) is 212 Å². The van der Waals surface area contributed by atoms with Gasteiger partial charge in [-0.15, -0.1) is 0 Å². The van der Waals surface area contributed by atoms with Crippen molar-refractivity contribution in [3.05, 3.63) is 265 Å². The van der Waals surface area contributed by atoms with Crippen molar-refractivity contribution >= 4 is 110 Å². The first kappa shape index (κ1) is 93.6. The number of benzene rings is 12. The summed E-state index contributed by atoms with van der Waals surface area (Å²) in [7, 11) is 18.1. The number of ether oxygens (including phenoxy) is 12. The molecule has 6 fully saturated rings. The number of nitrogens with one attached hydrogen (secondary N) is 4. The molecule has 0 bridgehead atoms. The van der Waals surface area contributed by atoms with E-state index in [2.05, 4.69) is 79.2 Å². The van der Waals surface area contributed by atoms with E-state index in [9.17, 15) is 19.2 Å². The highest BCUT2D eigenvalue weighted by atomic mass is 16.5. The van der Waals surface area contributed by atoms with E-state index in [1.54, 1.807) is 73.4 Å². The van der Waals surface area contributed by atoms with E-state index in [1.165, 1.54) is 0 Å². The molecule has 716 valence electrons. The Bertz CT molecular complexity index is 7460. The lowest BCUT2D eigenvalue weighted by Crippen LogP contribution is -2.35. The molecule has 140 heavy (non-hydrogen) atoms. The lowest BCUT2D eigenvalue weighted by molar-refractivity contribution is 0.0944. The van der Waals surface area contributed by atoms with Crippen molar-refractivity contribution < 1.29 is 76.0 Å². The minimum absolute atomic E-state index is 0.0230. The zero-order valence-corrected chi connectivity index (χ0v) is 79.9. The summed E-state index contributed by atoms with van der Waals surface area (Å²) in [5.41, 5.74) is 17.7. The van der Waals surface area contributed by atoms with Crippen LogP contribution in [0, 0.1) is 0 Å². The molecule has 4 amide bonds. The number of likely N-dealkylation sites (N-methyl/N-ethyl adjacent to an activating group) is 2. The van der Waals surface area contributed by atoms with Gasteiger partial charge in [-0.25, -0.2) is 0 Å². The minimum atomic E-state index is -0.230. The topological polar surface area (TPSA) is 337 Å². The molecule has 12 aromatic carbocycles. The van der Waals surface area contributed by atoms with Gasteiger partial charge in [0, 0.05) is 119 Å². The van der Waals surface area contributed by atoms with Gasteiger partial charge in [0.15, 0.2) is 46.0 Å². The molecule has 0 radical (unpaired) electrons. The van der Waals surface area contributed by atoms with Gasteiger partial charge < -0.3 is 99.4 Å². The van der Waals surface area contributed by atoms with Crippen LogP contribution in [-0.4, -0.2) is 185 Å². The van der Waals surface area contributed by atoms with Gasteiger partial charge in [-0.2, -0.15) is 0 Å². The van der Waals surface area contributed by atoms with Crippen molar-refractivity contribution in [2.24, 2.45) is 11.5 Å². The van der Waals surface area contributed by atoms with Gasteiger partial charge in [0.2, 0.25) is 0 Å². The number of carbonyl (C=O) groups excluding carboxylic acids is 4. The van der Waals surface area contributed by atoms with Crippen LogP contribution in [0.4, 0.5) is 0 Å². The summed E-state index contributed by atoms with van der Waals surface area (Å²) >= 11 is 0. The molecule has 16 aromatic rings. The first-order chi connectivity index (χ1) is 67.9. The average molecular weight is 1880 g/mol. The Hall–Kier alpha value is -15.4. The van der Waals surface area contributed by atoms with Crippen molar-refractivity contribution in [3.63, 3.8) is 0 Å². The van der Waals surface area contributed by atoms with Crippen molar-refractivity contribution in [1.29, 1.82) is 0 Å². The first-order valence-electron chi connectivity index (χ1n) is 47.1. The van der Waals surface area contributed by atoms with Crippen molar-refractivity contribution in [1.82, 2.24) is 51.0 Å². The van der Waals surface area contributed by atoms with Crippen molar-refractivity contribution in [3.8, 4) is 92.0 Å². The third kappa shape index (κ3) is 20.9. The second-order valence-electron chi connectivity index (χ2n) is 37.3. The number of hydrogen-bond acceptors (Lipinski definition) is 24. The Kier molecular flexibility index (Phi) is 26.5. The predicted octanol–water partition coefficient (Wildman–Crippen LogP) is 19.9. The molecule has 0 saturated heterocycles. The molecule has 8 N–H and O–H groups in total. The van der Waals surface area contributed by atoms with Crippen LogP contribution in [0.15, 0.2) is 243 Å². The summed E-state index contributed by atoms with van der Waals surface area (Å²) in [6.45, 7) is 2.10. The molecule has 6 aliphatic rings. The molecular formula is C112H112N12O16. The maximum absolute atomic E-state index is 12.7. The van der Waals surface area contributed by atoms with E-state index < -0.39 is 0 Å². The second-order valence-corrected chi connectivity index (χ2v) is 37.3. The van der Waals surface area contributed by atoms with Gasteiger partial charge in [-0.3, -0.25) is 39.1 Å². The standard InChI is InChI=1S/C30H31N3O4.C28H27N3O4.C28H29N3O4.C26H25N3O4/c1-33(2)30(12-13-30)18-36-28-17-25-24(16-27(28)35-3)26(11-14-31-25)37-21-9-10-22-19(15-21)5-4-6-23(22)29(34)32-20-7-8-20;1-33-25-14-22-23(15-26(25)34-16-28(29)10-11-28)30-12-9-24(22)35-19-7-8-20-17(13-19)3-2-4-21(20)27(32)31-18-5-6-18;1-29-27(32)21-7-5-6-18-14-19(8-9-20(18)21)35-24-10-13-30-23-16-26(25(33-4)15-22(23)24)34-17-28(11-12-28)31(2)3;1-28-25(30)19-5-3-4-16-12-17(6-7-18(16)19)33-22-8-11-29-21-14-24(23(31-2)13-20(21)22)32-15-26(27)9-10-26/h4-6,9-11,14-17,20H,7-8,12-13,18H2,1-3H3,(H,32,34);2-4,7-9,12-15,18H,5-6,10-11,16,29H2,1H3,(H,31,32);5-10,13-16H,11-12,17H2,1-4H3,(H,29,32);3-8,11-14H,9-10,15,27H2,1-2H3,(H,28,30). The lowest BCUT2D eigenvalue weighted by atomic mass is 10.0. The van der Waals surface area contributed by atoms with Crippen LogP contribution in [0.1, 0.15) is 118 Å². The highest BCUT2D eigenvalue weighted by Gasteiger charge is 2.47. The number of fused-ring (bicyclic) bond motifs is 8. The number of nitrogens with two attached hydrogens (primary N) is 2. The third-order valence-electron chi connectivity index (χ3n) is 26.9. The van der Waals surface area contributed by atoms with Gasteiger partial charge in [0.1, 0.15) is 72.4 Å². The molecular weight excluding hydrogens is 1770 g/mol. The van der Waals surface area contributed by atoms with Crippen LogP contribution in [0.2, 0.25) is 0 Å². The fraction of sp³-hybridized carbons (Fsp3) is 0.286. The average Bonchev–Trinajstić information content (AvgIpc) is 1.69. The van der Waals surface area contributed by atoms with Gasteiger partial charge in [-0.05, 0) is 294 Å². The Morgan fingerprint density at radius 1 is 0.307 bits per heavy atom. The summed E-state index contributed by atoms with van der Waals surface area (Å²) in [5.74, 6) is 10.1. The zero-order valence-electron chi connectivity index (χ0n) is 79.9. The molecule has 6 saturated carbocycles. The number of carbonyl (C=O) groups is 4. The number of rotatable bonds is 32. The summed E-state index contributed by atoms with van der Waals surface area (Å²) in [4.78, 5) is 72.2. The monoisotopic (exact) mass is 1880 g/mol. The number of amides is 4. The van der Waals surface area contributed by atoms with E-state index in [-0.39, 0.29) is 45.8 Å². The first-order valence-corrected chi connectivity index (χ1v) is 47.1. The molecule has 0 atom stereocenters. The Morgan fingerprint density at radius 3 is 0.793 bits per heavy atom. The van der Waals surface area contributed by atoms with Gasteiger partial charge in [0.25, 0.3) is 23.6 Å². The molecule has 28 heteroatoms. The normalized spacial score (nSPS) is 15.2. The van der Waals surface area contributed by atoms with Gasteiger partial charge in [-0.1, -0.05) is 48.5 Å². The summed E-state index contributed by atoms with van der Waals surface area (Å²) < 4.78 is 71.9. The van der Waals surface area contributed by atoms with E-state index in [0.29, 0.717) is 153 Å². The smallest absolute Gasteiger partial charge is 0.252 e. The Balaban J connectivity index is 0.000000119. The lowest BCUT2D eigenvalue weighted by Gasteiger charge is -2.24. The number of hydrogen-bond donors (Lipinski definition) is 6. The minimum Gasteiger partial charge on any atom is -0.493 e. The largest absolute Gasteiger partial charge is 0.493 e. The zero-order chi connectivity index (χ0) is 97.1. The molecule has 0 aliphatic heterocycles. The van der Waals surface area contributed by atoms with Crippen molar-refractivity contribution in [2.45, 2.75) is 111 Å². The van der Waals surface area contributed by atoms with Crippen LogP contribution in [0.5, 0.6) is 92.0 Å². The third-order valence-corrected chi connectivity index (χ3v) is 26.9. The Labute approximate surface area is 810 Å². The fourth-order valence-corrected chi connectivity index (χ4v) is 17.0. The summed E-state index contributed by atoms with van der Waals surface area (Å²) in [6, 6.07) is 68.8. The van der Waals surface area contributed by atoms with Gasteiger partial charge in [0.05, 0.1) is 72.7 Å². The summed E-state index contributed by atoms with van der Waals surface area (Å²) in [5, 5.41) is 22.0. The maximum Gasteiger partial charge on any atom is 0.252 e. The quantitative estimate of drug-likeness (QED) is 0.0228. The molecule has 28 nitrogen and oxygen atoms in total.